The molecule has 0 N–H and O–H groups in total. The summed E-state index contributed by atoms with van der Waals surface area (Å²) in [4.78, 5) is 27.3. The summed E-state index contributed by atoms with van der Waals surface area (Å²) < 4.78 is 0. The van der Waals surface area contributed by atoms with Crippen LogP contribution >= 0.6 is 0 Å². The summed E-state index contributed by atoms with van der Waals surface area (Å²) in [5.74, 6) is 3.44. The molecule has 1 aromatic heterocycles. The van der Waals surface area contributed by atoms with Crippen LogP contribution in [0.2, 0.25) is 0 Å². The van der Waals surface area contributed by atoms with E-state index in [4.69, 9.17) is 9.97 Å². The first kappa shape index (κ1) is 17.8. The third-order valence-electron chi connectivity index (χ3n) is 5.50. The molecule has 2 aromatic rings. The van der Waals surface area contributed by atoms with Crippen molar-refractivity contribution in [2.75, 3.05) is 49.1 Å². The van der Waals surface area contributed by atoms with Crippen molar-refractivity contribution in [1.82, 2.24) is 14.9 Å². The molecule has 0 spiro atoms. The van der Waals surface area contributed by atoms with Gasteiger partial charge in [0.25, 0.3) is 0 Å². The van der Waals surface area contributed by atoms with Crippen LogP contribution in [0.1, 0.15) is 19.8 Å². The van der Waals surface area contributed by atoms with Crippen molar-refractivity contribution in [2.45, 2.75) is 19.8 Å². The van der Waals surface area contributed by atoms with Gasteiger partial charge in [0.15, 0.2) is 5.82 Å². The molecule has 27 heavy (non-hydrogen) atoms. The van der Waals surface area contributed by atoms with Crippen LogP contribution in [0, 0.1) is 5.92 Å². The summed E-state index contributed by atoms with van der Waals surface area (Å²) >= 11 is 0. The molecule has 142 valence electrons. The van der Waals surface area contributed by atoms with E-state index in [0.717, 1.165) is 68.7 Å². The molecule has 2 fully saturated rings. The minimum absolute atomic E-state index is 0.688. The Labute approximate surface area is 160 Å². The largest absolute Gasteiger partial charge is 0.356 e. The highest BCUT2D eigenvalue weighted by Gasteiger charge is 2.22. The summed E-state index contributed by atoms with van der Waals surface area (Å²) in [6.45, 7) is 7.50. The van der Waals surface area contributed by atoms with Crippen molar-refractivity contribution in [3.63, 3.8) is 0 Å². The Morgan fingerprint density at radius 3 is 2.33 bits per heavy atom. The molecule has 1 amide bonds. The van der Waals surface area contributed by atoms with Gasteiger partial charge in [-0.1, -0.05) is 37.3 Å². The Morgan fingerprint density at radius 1 is 0.963 bits per heavy atom. The van der Waals surface area contributed by atoms with E-state index in [1.54, 1.807) is 0 Å². The normalized spacial score (nSPS) is 20.6. The van der Waals surface area contributed by atoms with Crippen molar-refractivity contribution in [1.29, 1.82) is 0 Å². The first-order valence-electron chi connectivity index (χ1n) is 9.86. The Kier molecular flexibility index (Phi) is 5.23. The van der Waals surface area contributed by atoms with Crippen LogP contribution in [0.5, 0.6) is 0 Å². The quantitative estimate of drug-likeness (QED) is 0.780. The van der Waals surface area contributed by atoms with E-state index >= 15 is 0 Å². The fraction of sp³-hybridized carbons (Fsp3) is 0.476. The molecule has 2 aliphatic heterocycles. The lowest BCUT2D eigenvalue weighted by Crippen LogP contribution is -2.46. The van der Waals surface area contributed by atoms with E-state index in [0.29, 0.717) is 5.92 Å². The molecule has 1 atom stereocenters. The standard InChI is InChI=1S/C21H27N5O/c1-17-6-5-9-26(15-17)20-14-19(25-12-10-24(16-27)11-13-25)22-21(23-20)18-7-3-2-4-8-18/h2-4,7-8,14,16-17H,5-6,9-13,15H2,1H3. The molecule has 6 heteroatoms. The number of aromatic nitrogens is 2. The van der Waals surface area contributed by atoms with Crippen LogP contribution in [0.15, 0.2) is 36.4 Å². The minimum atomic E-state index is 0.688. The van der Waals surface area contributed by atoms with Gasteiger partial charge in [0.05, 0.1) is 0 Å². The lowest BCUT2D eigenvalue weighted by atomic mass is 10.0. The van der Waals surface area contributed by atoms with E-state index in [9.17, 15) is 4.79 Å². The summed E-state index contributed by atoms with van der Waals surface area (Å²) in [5.41, 5.74) is 1.04. The van der Waals surface area contributed by atoms with Crippen LogP contribution < -0.4 is 9.80 Å². The second kappa shape index (κ2) is 7.94. The number of piperazine rings is 1. The van der Waals surface area contributed by atoms with E-state index in [1.165, 1.54) is 12.8 Å². The number of nitrogens with zero attached hydrogens (tertiary/aromatic N) is 5. The Hall–Kier alpha value is -2.63. The lowest BCUT2D eigenvalue weighted by molar-refractivity contribution is -0.118. The Balaban J connectivity index is 1.67. The van der Waals surface area contributed by atoms with Crippen LogP contribution in [0.25, 0.3) is 11.4 Å². The van der Waals surface area contributed by atoms with Crippen molar-refractivity contribution in [2.24, 2.45) is 5.92 Å². The van der Waals surface area contributed by atoms with Gasteiger partial charge in [0.2, 0.25) is 6.41 Å². The maximum atomic E-state index is 11.0. The molecule has 1 unspecified atom stereocenters. The Morgan fingerprint density at radius 2 is 1.67 bits per heavy atom. The number of amides is 1. The molecule has 6 nitrogen and oxygen atoms in total. The van der Waals surface area contributed by atoms with Gasteiger partial charge < -0.3 is 14.7 Å². The van der Waals surface area contributed by atoms with Gasteiger partial charge in [0.1, 0.15) is 11.6 Å². The number of anilines is 2. The van der Waals surface area contributed by atoms with Crippen LogP contribution in [0.4, 0.5) is 11.6 Å². The fourth-order valence-electron chi connectivity index (χ4n) is 3.92. The molecule has 0 aliphatic carbocycles. The topological polar surface area (TPSA) is 52.6 Å². The molecule has 3 heterocycles. The zero-order chi connectivity index (χ0) is 18.6. The number of piperidine rings is 1. The van der Waals surface area contributed by atoms with Gasteiger partial charge in [-0.15, -0.1) is 0 Å². The summed E-state index contributed by atoms with van der Waals surface area (Å²) in [5, 5.41) is 0. The number of hydrogen-bond acceptors (Lipinski definition) is 5. The highest BCUT2D eigenvalue weighted by Crippen LogP contribution is 2.28. The maximum absolute atomic E-state index is 11.0. The zero-order valence-corrected chi connectivity index (χ0v) is 15.9. The fourth-order valence-corrected chi connectivity index (χ4v) is 3.92. The third-order valence-corrected chi connectivity index (χ3v) is 5.50. The Bertz CT molecular complexity index is 773. The van der Waals surface area contributed by atoms with E-state index in [2.05, 4.69) is 34.9 Å². The highest BCUT2D eigenvalue weighted by atomic mass is 16.1. The third kappa shape index (κ3) is 4.04. The average Bonchev–Trinajstić information content (AvgIpc) is 2.74. The first-order chi connectivity index (χ1) is 13.2. The number of carbonyl (C=O) groups is 1. The van der Waals surface area contributed by atoms with Crippen molar-refractivity contribution >= 4 is 18.0 Å². The number of benzene rings is 1. The van der Waals surface area contributed by atoms with E-state index in [1.807, 2.05) is 23.1 Å². The molecule has 2 aliphatic rings. The predicted molar refractivity (Wildman–Crippen MR) is 108 cm³/mol. The molecular weight excluding hydrogens is 338 g/mol. The second-order valence-corrected chi connectivity index (χ2v) is 7.60. The van der Waals surface area contributed by atoms with E-state index in [-0.39, 0.29) is 0 Å². The summed E-state index contributed by atoms with van der Waals surface area (Å²) in [7, 11) is 0. The molecule has 0 bridgehead atoms. The lowest BCUT2D eigenvalue weighted by Gasteiger charge is -2.35. The van der Waals surface area contributed by atoms with Gasteiger partial charge in [-0.25, -0.2) is 9.97 Å². The number of carbonyl (C=O) groups excluding carboxylic acids is 1. The number of hydrogen-bond donors (Lipinski definition) is 0. The SMILES string of the molecule is CC1CCCN(c2cc(N3CCN(C=O)CC3)nc(-c3ccccc3)n2)C1. The van der Waals surface area contributed by atoms with Crippen LogP contribution in [0.3, 0.4) is 0 Å². The van der Waals surface area contributed by atoms with Gasteiger partial charge in [-0.2, -0.15) is 0 Å². The number of rotatable bonds is 4. The van der Waals surface area contributed by atoms with Crippen molar-refractivity contribution < 1.29 is 4.79 Å². The van der Waals surface area contributed by atoms with Gasteiger partial charge in [0, 0.05) is 50.9 Å². The monoisotopic (exact) mass is 365 g/mol. The molecule has 4 rings (SSSR count). The molecule has 1 aromatic carbocycles. The predicted octanol–water partition coefficient (Wildman–Crippen LogP) is 2.66. The van der Waals surface area contributed by atoms with Gasteiger partial charge in [-0.05, 0) is 18.8 Å². The summed E-state index contributed by atoms with van der Waals surface area (Å²) in [6.07, 6.45) is 3.43. The molecular formula is C21H27N5O. The van der Waals surface area contributed by atoms with E-state index < -0.39 is 0 Å². The second-order valence-electron chi connectivity index (χ2n) is 7.60. The van der Waals surface area contributed by atoms with Crippen molar-refractivity contribution in [3.8, 4) is 11.4 Å². The van der Waals surface area contributed by atoms with Gasteiger partial charge in [-0.3, -0.25) is 4.79 Å². The minimum Gasteiger partial charge on any atom is -0.356 e. The average molecular weight is 365 g/mol. The van der Waals surface area contributed by atoms with Gasteiger partial charge >= 0.3 is 0 Å². The summed E-state index contributed by atoms with van der Waals surface area (Å²) in [6, 6.07) is 12.3. The molecule has 2 saturated heterocycles. The first-order valence-corrected chi connectivity index (χ1v) is 9.86. The smallest absolute Gasteiger partial charge is 0.209 e. The van der Waals surface area contributed by atoms with Crippen molar-refractivity contribution in [3.05, 3.63) is 36.4 Å². The van der Waals surface area contributed by atoms with Crippen LogP contribution in [-0.4, -0.2) is 60.5 Å². The maximum Gasteiger partial charge on any atom is 0.209 e. The highest BCUT2D eigenvalue weighted by molar-refractivity contribution is 5.62. The molecule has 0 radical (unpaired) electrons. The molecule has 0 saturated carbocycles. The van der Waals surface area contributed by atoms with Crippen LogP contribution in [-0.2, 0) is 4.79 Å². The zero-order valence-electron chi connectivity index (χ0n) is 15.9.